The zero-order chi connectivity index (χ0) is 22.8. The maximum Gasteiger partial charge on any atom is 0.265 e. The molecule has 1 N–H and O–H groups in total. The average Bonchev–Trinajstić information content (AvgIpc) is 3.14. The molecule has 4 rings (SSSR count). The number of rotatable bonds is 6. The van der Waals surface area contributed by atoms with E-state index in [4.69, 9.17) is 55.6 Å². The first-order valence-corrected chi connectivity index (χ1v) is 11.1. The summed E-state index contributed by atoms with van der Waals surface area (Å²) in [7, 11) is 0. The molecule has 5 nitrogen and oxygen atoms in total. The number of halogens is 4. The number of anilines is 1. The quantitative estimate of drug-likeness (QED) is 0.293. The number of aromatic nitrogens is 1. The van der Waals surface area contributed by atoms with E-state index in [0.717, 1.165) is 5.56 Å². The molecule has 1 unspecified atom stereocenters. The monoisotopic (exact) mass is 508 g/mol. The van der Waals surface area contributed by atoms with Crippen LogP contribution in [0.15, 0.2) is 59.0 Å². The van der Waals surface area contributed by atoms with Gasteiger partial charge in [0.15, 0.2) is 17.6 Å². The minimum atomic E-state index is -0.760. The van der Waals surface area contributed by atoms with Gasteiger partial charge in [-0.1, -0.05) is 58.5 Å². The molecule has 1 aromatic heterocycles. The molecule has 1 amide bonds. The van der Waals surface area contributed by atoms with Crippen LogP contribution in [0, 0.1) is 0 Å². The smallest absolute Gasteiger partial charge is 0.265 e. The van der Waals surface area contributed by atoms with Crippen LogP contribution >= 0.6 is 46.4 Å². The molecule has 0 saturated carbocycles. The van der Waals surface area contributed by atoms with Crippen molar-refractivity contribution in [2.75, 3.05) is 5.32 Å². The molecule has 1 atom stereocenters. The highest BCUT2D eigenvalue weighted by Gasteiger charge is 2.17. The summed E-state index contributed by atoms with van der Waals surface area (Å²) in [5.41, 5.74) is 2.69. The van der Waals surface area contributed by atoms with Crippen molar-refractivity contribution < 1.29 is 13.9 Å². The lowest BCUT2D eigenvalue weighted by Gasteiger charge is -2.16. The van der Waals surface area contributed by atoms with Crippen molar-refractivity contribution in [1.29, 1.82) is 0 Å². The molecule has 0 aliphatic carbocycles. The van der Waals surface area contributed by atoms with Gasteiger partial charge in [-0.25, -0.2) is 4.98 Å². The maximum absolute atomic E-state index is 12.5. The Morgan fingerprint density at radius 2 is 1.72 bits per heavy atom. The summed E-state index contributed by atoms with van der Waals surface area (Å²) < 4.78 is 11.4. The SMILES string of the molecule is CC(Oc1ccc(Cl)cc1Cl)C(=O)Nc1ccc(Cc2nc3cc(Cl)cc(Cl)c3o2)cc1. The lowest BCUT2D eigenvalue weighted by Crippen LogP contribution is -2.30. The van der Waals surface area contributed by atoms with E-state index in [1.807, 2.05) is 12.1 Å². The summed E-state index contributed by atoms with van der Waals surface area (Å²) in [6, 6.07) is 15.5. The number of oxazole rings is 1. The molecule has 0 bridgehead atoms. The zero-order valence-corrected chi connectivity index (χ0v) is 19.7. The molecule has 0 fully saturated rings. The number of nitrogens with zero attached hydrogens (tertiary/aromatic N) is 1. The van der Waals surface area contributed by atoms with Gasteiger partial charge in [0.05, 0.1) is 10.0 Å². The highest BCUT2D eigenvalue weighted by Crippen LogP contribution is 2.30. The summed E-state index contributed by atoms with van der Waals surface area (Å²) in [4.78, 5) is 16.9. The molecule has 0 aliphatic heterocycles. The largest absolute Gasteiger partial charge is 0.479 e. The highest BCUT2D eigenvalue weighted by atomic mass is 35.5. The van der Waals surface area contributed by atoms with Gasteiger partial charge in [-0.3, -0.25) is 4.79 Å². The summed E-state index contributed by atoms with van der Waals surface area (Å²) in [5.74, 6) is 0.589. The number of benzene rings is 3. The van der Waals surface area contributed by atoms with Gasteiger partial charge in [0.1, 0.15) is 11.3 Å². The summed E-state index contributed by atoms with van der Waals surface area (Å²) >= 11 is 24.1. The first kappa shape index (κ1) is 22.7. The van der Waals surface area contributed by atoms with E-state index in [1.165, 1.54) is 0 Å². The molecule has 3 aromatic carbocycles. The van der Waals surface area contributed by atoms with Gasteiger partial charge in [0.25, 0.3) is 5.91 Å². The molecule has 164 valence electrons. The Balaban J connectivity index is 1.39. The fourth-order valence-electron chi connectivity index (χ4n) is 3.02. The van der Waals surface area contributed by atoms with E-state index < -0.39 is 6.10 Å². The van der Waals surface area contributed by atoms with Crippen LogP contribution in [-0.2, 0) is 11.2 Å². The van der Waals surface area contributed by atoms with Gasteiger partial charge in [0, 0.05) is 22.2 Å². The van der Waals surface area contributed by atoms with Crippen LogP contribution < -0.4 is 10.1 Å². The lowest BCUT2D eigenvalue weighted by atomic mass is 10.1. The number of amides is 1. The van der Waals surface area contributed by atoms with Crippen LogP contribution in [0.5, 0.6) is 5.75 Å². The molecule has 0 saturated heterocycles. The number of nitrogens with one attached hydrogen (secondary N) is 1. The van der Waals surface area contributed by atoms with Crippen molar-refractivity contribution in [2.45, 2.75) is 19.4 Å². The van der Waals surface area contributed by atoms with Crippen LogP contribution in [0.4, 0.5) is 5.69 Å². The number of carbonyl (C=O) groups is 1. The minimum Gasteiger partial charge on any atom is -0.479 e. The van der Waals surface area contributed by atoms with Crippen molar-refractivity contribution in [3.05, 3.63) is 86.1 Å². The molecule has 0 spiro atoms. The Labute approximate surface area is 204 Å². The number of hydrogen-bond acceptors (Lipinski definition) is 4. The fourth-order valence-corrected chi connectivity index (χ4v) is 3.99. The van der Waals surface area contributed by atoms with E-state index in [2.05, 4.69) is 10.3 Å². The topological polar surface area (TPSA) is 64.4 Å². The molecule has 9 heteroatoms. The molecule has 32 heavy (non-hydrogen) atoms. The summed E-state index contributed by atoms with van der Waals surface area (Å²) in [6.45, 7) is 1.64. The Kier molecular flexibility index (Phi) is 6.82. The van der Waals surface area contributed by atoms with E-state index >= 15 is 0 Å². The molecule has 4 aromatic rings. The Morgan fingerprint density at radius 3 is 2.44 bits per heavy atom. The van der Waals surface area contributed by atoms with Crippen LogP contribution in [-0.4, -0.2) is 17.0 Å². The molecular weight excluding hydrogens is 494 g/mol. The van der Waals surface area contributed by atoms with Gasteiger partial charge in [0.2, 0.25) is 0 Å². The number of ether oxygens (including phenoxy) is 1. The Hall–Kier alpha value is -2.44. The highest BCUT2D eigenvalue weighted by molar-refractivity contribution is 6.38. The van der Waals surface area contributed by atoms with Crippen LogP contribution in [0.2, 0.25) is 20.1 Å². The van der Waals surface area contributed by atoms with Crippen LogP contribution in [0.1, 0.15) is 18.4 Å². The summed E-state index contributed by atoms with van der Waals surface area (Å²) in [5, 5.41) is 4.56. The van der Waals surface area contributed by atoms with Crippen molar-refractivity contribution in [3.8, 4) is 5.75 Å². The second-order valence-corrected chi connectivity index (χ2v) is 8.73. The van der Waals surface area contributed by atoms with Gasteiger partial charge in [-0.05, 0) is 55.0 Å². The molecule has 0 aliphatic rings. The van der Waals surface area contributed by atoms with Gasteiger partial charge in [-0.15, -0.1) is 0 Å². The predicted molar refractivity (Wildman–Crippen MR) is 128 cm³/mol. The number of fused-ring (bicyclic) bond motifs is 1. The lowest BCUT2D eigenvalue weighted by molar-refractivity contribution is -0.122. The maximum atomic E-state index is 12.5. The Morgan fingerprint density at radius 1 is 1.00 bits per heavy atom. The van der Waals surface area contributed by atoms with Gasteiger partial charge >= 0.3 is 0 Å². The van der Waals surface area contributed by atoms with Crippen molar-refractivity contribution in [1.82, 2.24) is 4.98 Å². The predicted octanol–water partition coefficient (Wildman–Crippen LogP) is 7.44. The average molecular weight is 510 g/mol. The first-order valence-electron chi connectivity index (χ1n) is 9.54. The molecule has 1 heterocycles. The first-order chi connectivity index (χ1) is 15.3. The molecular formula is C23H16Cl4N2O3. The van der Waals surface area contributed by atoms with Crippen molar-refractivity contribution >= 4 is 69.1 Å². The van der Waals surface area contributed by atoms with Crippen LogP contribution in [0.3, 0.4) is 0 Å². The minimum absolute atomic E-state index is 0.311. The van der Waals surface area contributed by atoms with E-state index in [9.17, 15) is 4.79 Å². The normalized spacial score (nSPS) is 12.0. The van der Waals surface area contributed by atoms with Gasteiger partial charge < -0.3 is 14.5 Å². The zero-order valence-electron chi connectivity index (χ0n) is 16.7. The third kappa shape index (κ3) is 5.30. The Bertz CT molecular complexity index is 1290. The third-order valence-electron chi connectivity index (χ3n) is 4.60. The fraction of sp³-hybridized carbons (Fsp3) is 0.130. The van der Waals surface area contributed by atoms with Crippen molar-refractivity contribution in [3.63, 3.8) is 0 Å². The standard InChI is InChI=1S/C23H16Cl4N2O3/c1-12(31-20-7-4-14(24)9-17(20)26)23(30)28-16-5-2-13(3-6-16)8-21-29-19-11-15(25)10-18(27)22(19)32-21/h2-7,9-12H,8H2,1H3,(H,28,30). The number of hydrogen-bond donors (Lipinski definition) is 1. The van der Waals surface area contributed by atoms with E-state index in [0.29, 0.717) is 54.9 Å². The second kappa shape index (κ2) is 9.59. The van der Waals surface area contributed by atoms with E-state index in [-0.39, 0.29) is 5.91 Å². The summed E-state index contributed by atoms with van der Waals surface area (Å²) in [6.07, 6.45) is -0.296. The molecule has 0 radical (unpaired) electrons. The second-order valence-electron chi connectivity index (χ2n) is 7.04. The van der Waals surface area contributed by atoms with Crippen LogP contribution in [0.25, 0.3) is 11.1 Å². The third-order valence-corrected chi connectivity index (χ3v) is 5.63. The number of carbonyl (C=O) groups excluding carboxylic acids is 1. The van der Waals surface area contributed by atoms with Crippen molar-refractivity contribution in [2.24, 2.45) is 0 Å². The van der Waals surface area contributed by atoms with E-state index in [1.54, 1.807) is 49.4 Å². The van der Waals surface area contributed by atoms with Gasteiger partial charge in [-0.2, -0.15) is 0 Å².